The third-order valence-electron chi connectivity index (χ3n) is 13.3. The van der Waals surface area contributed by atoms with Gasteiger partial charge in [0.15, 0.2) is 0 Å². The second-order valence-corrected chi connectivity index (χ2v) is 14.2. The number of hydrogen-bond acceptors (Lipinski definition) is 5. The molecule has 3 aliphatic heterocycles. The van der Waals surface area contributed by atoms with Crippen LogP contribution >= 0.6 is 0 Å². The van der Waals surface area contributed by atoms with E-state index in [0.29, 0.717) is 25.3 Å². The lowest BCUT2D eigenvalue weighted by atomic mass is 9.54. The summed E-state index contributed by atoms with van der Waals surface area (Å²) in [6.07, 6.45) is 6.25. The normalized spacial score (nSPS) is 51.7. The molecule has 208 valence electrons. The second-order valence-electron chi connectivity index (χ2n) is 14.2. The molecule has 0 aromatic heterocycles. The van der Waals surface area contributed by atoms with Gasteiger partial charge in [0.1, 0.15) is 0 Å². The summed E-state index contributed by atoms with van der Waals surface area (Å²) in [5.74, 6) is 7.46. The molecule has 8 aliphatic rings. The molecule has 2 spiro atoms. The van der Waals surface area contributed by atoms with E-state index in [4.69, 9.17) is 14.2 Å². The molecule has 11 unspecified atom stereocenters. The third-order valence-corrected chi connectivity index (χ3v) is 13.3. The third kappa shape index (κ3) is 3.01. The summed E-state index contributed by atoms with van der Waals surface area (Å²) < 4.78 is 20.3. The Bertz CT molecular complexity index is 995. The van der Waals surface area contributed by atoms with Crippen molar-refractivity contribution in [1.29, 1.82) is 0 Å². The predicted molar refractivity (Wildman–Crippen MR) is 147 cm³/mol. The minimum absolute atomic E-state index is 0.188. The number of fused-ring (bicyclic) bond motifs is 1. The van der Waals surface area contributed by atoms with Crippen LogP contribution in [-0.4, -0.2) is 73.5 Å². The lowest BCUT2D eigenvalue weighted by Gasteiger charge is -2.48. The zero-order chi connectivity index (χ0) is 25.8. The Morgan fingerprint density at radius 2 is 1.21 bits per heavy atom. The minimum atomic E-state index is 0.188. The van der Waals surface area contributed by atoms with Gasteiger partial charge >= 0.3 is 0 Å². The minimum Gasteiger partial charge on any atom is -0.375 e. The Morgan fingerprint density at radius 1 is 0.737 bits per heavy atom. The molecule has 0 radical (unpaired) electrons. The van der Waals surface area contributed by atoms with Crippen LogP contribution in [-0.2, 0) is 27.4 Å². The summed E-state index contributed by atoms with van der Waals surface area (Å²) in [4.78, 5) is 5.19. The van der Waals surface area contributed by atoms with Crippen molar-refractivity contribution in [3.05, 3.63) is 35.4 Å². The molecule has 0 N–H and O–H groups in total. The molecule has 4 bridgehead atoms. The van der Waals surface area contributed by atoms with Crippen LogP contribution in [0.15, 0.2) is 24.3 Å². The number of ether oxygens (including phenoxy) is 3. The van der Waals surface area contributed by atoms with Gasteiger partial charge in [0, 0.05) is 25.2 Å². The predicted octanol–water partition coefficient (Wildman–Crippen LogP) is 4.83. The molecule has 5 nitrogen and oxygen atoms in total. The Balaban J connectivity index is 1.07. The molecule has 5 aliphatic carbocycles. The fourth-order valence-corrected chi connectivity index (χ4v) is 11.9. The fraction of sp³-hybridized carbons (Fsp3) is 0.818. The number of benzene rings is 1. The molecule has 3 heterocycles. The van der Waals surface area contributed by atoms with Crippen molar-refractivity contribution in [1.82, 2.24) is 9.80 Å². The van der Waals surface area contributed by atoms with Gasteiger partial charge in [-0.1, -0.05) is 38.1 Å². The smallest absolute Gasteiger partial charge is 0.0771 e. The Hall–Kier alpha value is -0.980. The number of rotatable bonds is 2. The van der Waals surface area contributed by atoms with Gasteiger partial charge in [-0.3, -0.25) is 0 Å². The lowest BCUT2D eigenvalue weighted by Crippen LogP contribution is -2.53. The van der Waals surface area contributed by atoms with Crippen LogP contribution in [0.2, 0.25) is 0 Å². The molecular weight excluding hydrogens is 472 g/mol. The molecule has 9 rings (SSSR count). The first-order chi connectivity index (χ1) is 18.5. The Morgan fingerprint density at radius 3 is 1.66 bits per heavy atom. The monoisotopic (exact) mass is 520 g/mol. The first-order valence-corrected chi connectivity index (χ1v) is 15.9. The summed E-state index contributed by atoms with van der Waals surface area (Å²) in [7, 11) is 4.66. The fourth-order valence-electron chi connectivity index (χ4n) is 11.9. The van der Waals surface area contributed by atoms with E-state index < -0.39 is 0 Å². The van der Waals surface area contributed by atoms with Gasteiger partial charge in [0.05, 0.1) is 37.6 Å². The molecule has 5 heteroatoms. The molecule has 1 aromatic carbocycles. The summed E-state index contributed by atoms with van der Waals surface area (Å²) in [6.45, 7) is 9.81. The van der Waals surface area contributed by atoms with Gasteiger partial charge in [0.25, 0.3) is 0 Å². The number of likely N-dealkylation sites (N-methyl/N-ethyl adjacent to an activating group) is 2. The zero-order valence-electron chi connectivity index (χ0n) is 24.0. The van der Waals surface area contributed by atoms with Gasteiger partial charge < -0.3 is 24.0 Å². The van der Waals surface area contributed by atoms with E-state index in [-0.39, 0.29) is 11.2 Å². The summed E-state index contributed by atoms with van der Waals surface area (Å²) in [5, 5.41) is 0. The topological polar surface area (TPSA) is 34.2 Å². The van der Waals surface area contributed by atoms with Crippen LogP contribution in [0.25, 0.3) is 0 Å². The second kappa shape index (κ2) is 8.76. The molecule has 12 atom stereocenters. The van der Waals surface area contributed by atoms with Crippen molar-refractivity contribution >= 4 is 0 Å². The van der Waals surface area contributed by atoms with E-state index in [1.54, 1.807) is 0 Å². The van der Waals surface area contributed by atoms with Crippen LogP contribution < -0.4 is 0 Å². The first-order valence-electron chi connectivity index (χ1n) is 15.9. The van der Waals surface area contributed by atoms with Gasteiger partial charge in [-0.15, -0.1) is 0 Å². The molecule has 1 aromatic rings. The van der Waals surface area contributed by atoms with Crippen LogP contribution in [0.4, 0.5) is 0 Å². The summed E-state index contributed by atoms with van der Waals surface area (Å²) in [6, 6.07) is 9.57. The summed E-state index contributed by atoms with van der Waals surface area (Å²) >= 11 is 0. The van der Waals surface area contributed by atoms with Crippen LogP contribution in [0.5, 0.6) is 0 Å². The highest BCUT2D eigenvalue weighted by atomic mass is 16.5. The van der Waals surface area contributed by atoms with Crippen molar-refractivity contribution in [3.63, 3.8) is 0 Å². The number of hydrogen-bond donors (Lipinski definition) is 0. The molecule has 5 saturated carbocycles. The number of nitrogens with zero attached hydrogens (tertiary/aromatic N) is 2. The van der Waals surface area contributed by atoms with E-state index in [0.717, 1.165) is 86.5 Å². The summed E-state index contributed by atoms with van der Waals surface area (Å²) in [5.41, 5.74) is 2.90. The SMILES string of the molecule is CCC1COCc2ccccc2COC[C@@H](CC)N(C)CCC23OC4(CCN1C)C1C5CC(C6C5C4C62)C13. The Kier molecular flexibility index (Phi) is 5.71. The van der Waals surface area contributed by atoms with Crippen molar-refractivity contribution in [2.24, 2.45) is 47.3 Å². The molecule has 7 fully saturated rings. The van der Waals surface area contributed by atoms with Gasteiger partial charge in [-0.2, -0.15) is 0 Å². The molecule has 0 amide bonds. The van der Waals surface area contributed by atoms with E-state index >= 15 is 0 Å². The molecule has 38 heavy (non-hydrogen) atoms. The zero-order valence-corrected chi connectivity index (χ0v) is 24.0. The molecule has 2 saturated heterocycles. The largest absolute Gasteiger partial charge is 0.375 e. The van der Waals surface area contributed by atoms with Crippen LogP contribution in [0.1, 0.15) is 57.1 Å². The van der Waals surface area contributed by atoms with Crippen molar-refractivity contribution in [2.75, 3.05) is 40.4 Å². The van der Waals surface area contributed by atoms with E-state index in [2.05, 4.69) is 62.0 Å². The van der Waals surface area contributed by atoms with Gasteiger partial charge in [0.2, 0.25) is 0 Å². The standard InChI is InChI=1S/C33H48N2O3/c1-5-22-18-36-16-20-9-7-8-10-21(20)17-37-19-23(6-2)35(4)14-12-33-29-25-15-24-26-27(25)31(33)30(26)32(38-33,28(24)29)11-13-34(22)3/h7-10,22-31H,5-6,11-19H2,1-4H3/t22-,23?,24?,25?,26?,27?,28?,29?,30?,31?,32?,33?/m1/s1. The van der Waals surface area contributed by atoms with Gasteiger partial charge in [-0.25, -0.2) is 0 Å². The van der Waals surface area contributed by atoms with E-state index in [1.165, 1.54) is 30.4 Å². The average molecular weight is 521 g/mol. The maximum absolute atomic E-state index is 7.57. The maximum Gasteiger partial charge on any atom is 0.0771 e. The van der Waals surface area contributed by atoms with E-state index in [1.807, 2.05) is 0 Å². The first kappa shape index (κ1) is 24.8. The lowest BCUT2D eigenvalue weighted by molar-refractivity contribution is -0.0873. The highest BCUT2D eigenvalue weighted by Gasteiger charge is 2.96. The average Bonchev–Trinajstić information content (AvgIpc) is 3.59. The van der Waals surface area contributed by atoms with Crippen molar-refractivity contribution in [3.8, 4) is 0 Å². The van der Waals surface area contributed by atoms with E-state index in [9.17, 15) is 0 Å². The Labute approximate surface area is 229 Å². The highest BCUT2D eigenvalue weighted by molar-refractivity contribution is 5.43. The van der Waals surface area contributed by atoms with Gasteiger partial charge in [-0.05, 0) is 105 Å². The maximum atomic E-state index is 7.57. The quantitative estimate of drug-likeness (QED) is 0.558. The van der Waals surface area contributed by atoms with Crippen LogP contribution in [0, 0.1) is 47.3 Å². The van der Waals surface area contributed by atoms with Crippen molar-refractivity contribution < 1.29 is 14.2 Å². The van der Waals surface area contributed by atoms with Crippen LogP contribution in [0.3, 0.4) is 0 Å². The van der Waals surface area contributed by atoms with Crippen molar-refractivity contribution in [2.45, 2.75) is 82.5 Å². The highest BCUT2D eigenvalue weighted by Crippen LogP contribution is 2.93. The molecular formula is C33H48N2O3.